The lowest BCUT2D eigenvalue weighted by atomic mass is 10.1. The standard InChI is InChI=1S/C18H20N4O4S2/c23-15-5-10(7-19-15)17(25)21-11-1-2-13-14(6-11)28-18(22-13)27-9-16(24)20-12-3-4-26-8-12/h1-2,6,10,12H,3-5,7-9H2,(H,19,23)(H,20,24)(H,21,25)/t10-,12+/m1/s1. The molecule has 2 aliphatic rings. The molecular weight excluding hydrogens is 400 g/mol. The average molecular weight is 421 g/mol. The molecule has 4 rings (SSSR count). The minimum atomic E-state index is -0.334. The first-order valence-electron chi connectivity index (χ1n) is 9.05. The zero-order chi connectivity index (χ0) is 19.5. The number of rotatable bonds is 6. The summed E-state index contributed by atoms with van der Waals surface area (Å²) in [6.07, 6.45) is 1.08. The molecule has 10 heteroatoms. The van der Waals surface area contributed by atoms with Gasteiger partial charge in [-0.25, -0.2) is 4.98 Å². The minimum Gasteiger partial charge on any atom is -0.379 e. The van der Waals surface area contributed by atoms with Gasteiger partial charge >= 0.3 is 0 Å². The summed E-state index contributed by atoms with van der Waals surface area (Å²) in [7, 11) is 0. The van der Waals surface area contributed by atoms with Crippen molar-refractivity contribution in [3.05, 3.63) is 18.2 Å². The van der Waals surface area contributed by atoms with Gasteiger partial charge in [-0.1, -0.05) is 11.8 Å². The topological polar surface area (TPSA) is 109 Å². The summed E-state index contributed by atoms with van der Waals surface area (Å²) >= 11 is 2.88. The zero-order valence-corrected chi connectivity index (χ0v) is 16.7. The van der Waals surface area contributed by atoms with Crippen LogP contribution in [0, 0.1) is 5.92 Å². The van der Waals surface area contributed by atoms with Crippen molar-refractivity contribution in [2.24, 2.45) is 5.92 Å². The maximum Gasteiger partial charge on any atom is 0.230 e. The van der Waals surface area contributed by atoms with E-state index in [4.69, 9.17) is 4.74 Å². The van der Waals surface area contributed by atoms with Crippen LogP contribution < -0.4 is 16.0 Å². The lowest BCUT2D eigenvalue weighted by Gasteiger charge is -2.09. The summed E-state index contributed by atoms with van der Waals surface area (Å²) in [5, 5.41) is 8.49. The second kappa shape index (κ2) is 8.46. The molecule has 0 unspecified atom stereocenters. The highest BCUT2D eigenvalue weighted by Crippen LogP contribution is 2.31. The largest absolute Gasteiger partial charge is 0.379 e. The number of thioether (sulfide) groups is 1. The normalized spacial score (nSPS) is 21.6. The molecule has 28 heavy (non-hydrogen) atoms. The van der Waals surface area contributed by atoms with E-state index in [1.54, 1.807) is 6.07 Å². The summed E-state index contributed by atoms with van der Waals surface area (Å²) in [5.74, 6) is -0.302. The van der Waals surface area contributed by atoms with Crippen LogP contribution in [0.1, 0.15) is 12.8 Å². The summed E-state index contributed by atoms with van der Waals surface area (Å²) in [6.45, 7) is 1.66. The molecule has 3 amide bonds. The van der Waals surface area contributed by atoms with Crippen LogP contribution in [-0.4, -0.2) is 54.3 Å². The Balaban J connectivity index is 1.34. The first kappa shape index (κ1) is 19.2. The predicted octanol–water partition coefficient (Wildman–Crippen LogP) is 1.37. The number of nitrogens with zero attached hydrogens (tertiary/aromatic N) is 1. The third kappa shape index (κ3) is 4.62. The molecule has 2 atom stereocenters. The number of carbonyl (C=O) groups excluding carboxylic acids is 3. The van der Waals surface area contributed by atoms with E-state index in [1.807, 2.05) is 12.1 Å². The Bertz CT molecular complexity index is 910. The van der Waals surface area contributed by atoms with Crippen molar-refractivity contribution in [1.82, 2.24) is 15.6 Å². The molecule has 1 aromatic carbocycles. The van der Waals surface area contributed by atoms with Crippen LogP contribution in [0.3, 0.4) is 0 Å². The Labute approximate surface area is 169 Å². The van der Waals surface area contributed by atoms with Gasteiger partial charge in [0.1, 0.15) is 0 Å². The quantitative estimate of drug-likeness (QED) is 0.609. The van der Waals surface area contributed by atoms with Crippen molar-refractivity contribution in [2.45, 2.75) is 23.2 Å². The molecule has 0 aliphatic carbocycles. The molecule has 0 bridgehead atoms. The molecule has 2 fully saturated rings. The Morgan fingerprint density at radius 1 is 1.39 bits per heavy atom. The first-order valence-corrected chi connectivity index (χ1v) is 10.8. The van der Waals surface area contributed by atoms with Gasteiger partial charge in [0.25, 0.3) is 0 Å². The molecule has 3 heterocycles. The molecule has 2 saturated heterocycles. The lowest BCUT2D eigenvalue weighted by molar-refractivity contribution is -0.123. The third-order valence-corrected chi connectivity index (χ3v) is 6.77. The van der Waals surface area contributed by atoms with Gasteiger partial charge < -0.3 is 20.7 Å². The van der Waals surface area contributed by atoms with Crippen LogP contribution in [0.4, 0.5) is 5.69 Å². The highest BCUT2D eigenvalue weighted by molar-refractivity contribution is 8.01. The van der Waals surface area contributed by atoms with Crippen molar-refractivity contribution in [2.75, 3.05) is 30.8 Å². The van der Waals surface area contributed by atoms with Gasteiger partial charge in [0.05, 0.1) is 34.5 Å². The Morgan fingerprint density at radius 3 is 3.04 bits per heavy atom. The number of hydrogen-bond donors (Lipinski definition) is 3. The number of amides is 3. The van der Waals surface area contributed by atoms with Gasteiger partial charge in [-0.3, -0.25) is 14.4 Å². The molecule has 2 aromatic rings. The molecule has 8 nitrogen and oxygen atoms in total. The molecule has 3 N–H and O–H groups in total. The second-order valence-electron chi connectivity index (χ2n) is 6.77. The number of carbonyl (C=O) groups is 3. The van der Waals surface area contributed by atoms with Gasteiger partial charge in [0.15, 0.2) is 4.34 Å². The van der Waals surface area contributed by atoms with Gasteiger partial charge in [-0.05, 0) is 24.6 Å². The van der Waals surface area contributed by atoms with E-state index in [9.17, 15) is 14.4 Å². The Morgan fingerprint density at radius 2 is 2.29 bits per heavy atom. The third-order valence-electron chi connectivity index (χ3n) is 4.61. The van der Waals surface area contributed by atoms with Crippen LogP contribution in [0.5, 0.6) is 0 Å². The molecule has 148 valence electrons. The van der Waals surface area contributed by atoms with Gasteiger partial charge in [-0.15, -0.1) is 11.3 Å². The predicted molar refractivity (Wildman–Crippen MR) is 107 cm³/mol. The fraction of sp³-hybridized carbons (Fsp3) is 0.444. The number of fused-ring (bicyclic) bond motifs is 1. The van der Waals surface area contributed by atoms with Crippen molar-refractivity contribution in [3.63, 3.8) is 0 Å². The van der Waals surface area contributed by atoms with Crippen LogP contribution >= 0.6 is 23.1 Å². The van der Waals surface area contributed by atoms with E-state index < -0.39 is 0 Å². The van der Waals surface area contributed by atoms with Crippen LogP contribution in [0.2, 0.25) is 0 Å². The first-order chi connectivity index (χ1) is 13.6. The van der Waals surface area contributed by atoms with Crippen molar-refractivity contribution in [3.8, 4) is 0 Å². The van der Waals surface area contributed by atoms with E-state index in [-0.39, 0.29) is 36.1 Å². The Hall–Kier alpha value is -2.17. The number of hydrogen-bond acceptors (Lipinski definition) is 7. The maximum atomic E-state index is 12.2. The fourth-order valence-electron chi connectivity index (χ4n) is 3.12. The Kier molecular flexibility index (Phi) is 5.79. The van der Waals surface area contributed by atoms with Gasteiger partial charge in [-0.2, -0.15) is 0 Å². The summed E-state index contributed by atoms with van der Waals surface area (Å²) in [4.78, 5) is 40.1. The number of nitrogens with one attached hydrogen (secondary N) is 3. The maximum absolute atomic E-state index is 12.2. The van der Waals surface area contributed by atoms with Gasteiger partial charge in [0.2, 0.25) is 17.7 Å². The summed E-state index contributed by atoms with van der Waals surface area (Å²) in [5.41, 5.74) is 1.50. The highest BCUT2D eigenvalue weighted by atomic mass is 32.2. The average Bonchev–Trinajstić information content (AvgIpc) is 3.40. The molecule has 1 aromatic heterocycles. The lowest BCUT2D eigenvalue weighted by Crippen LogP contribution is -2.36. The molecule has 0 radical (unpaired) electrons. The van der Waals surface area contributed by atoms with E-state index >= 15 is 0 Å². The van der Waals surface area contributed by atoms with E-state index in [2.05, 4.69) is 20.9 Å². The van der Waals surface area contributed by atoms with Crippen LogP contribution in [0.25, 0.3) is 10.2 Å². The number of benzene rings is 1. The highest BCUT2D eigenvalue weighted by Gasteiger charge is 2.28. The van der Waals surface area contributed by atoms with E-state index in [0.717, 1.165) is 21.0 Å². The van der Waals surface area contributed by atoms with Crippen LogP contribution in [0.15, 0.2) is 22.5 Å². The summed E-state index contributed by atoms with van der Waals surface area (Å²) < 4.78 is 7.00. The number of thiazole rings is 1. The fourth-order valence-corrected chi connectivity index (χ4v) is 5.04. The SMILES string of the molecule is O=C1C[C@@H](C(=O)Nc2ccc3nc(SCC(=O)N[C@H]4CCOC4)sc3c2)CN1. The van der Waals surface area contributed by atoms with E-state index in [0.29, 0.717) is 31.2 Å². The van der Waals surface area contributed by atoms with Gasteiger partial charge in [0, 0.05) is 25.3 Å². The van der Waals surface area contributed by atoms with Crippen molar-refractivity contribution >= 4 is 56.7 Å². The monoisotopic (exact) mass is 420 g/mol. The number of anilines is 1. The molecular formula is C18H20N4O4S2. The summed E-state index contributed by atoms with van der Waals surface area (Å²) in [6, 6.07) is 5.62. The minimum absolute atomic E-state index is 0.0209. The molecule has 0 saturated carbocycles. The smallest absolute Gasteiger partial charge is 0.230 e. The number of ether oxygens (including phenoxy) is 1. The van der Waals surface area contributed by atoms with Crippen molar-refractivity contribution < 1.29 is 19.1 Å². The zero-order valence-electron chi connectivity index (χ0n) is 15.0. The van der Waals surface area contributed by atoms with E-state index in [1.165, 1.54) is 23.1 Å². The van der Waals surface area contributed by atoms with Crippen molar-refractivity contribution in [1.29, 1.82) is 0 Å². The molecule has 0 spiro atoms. The number of aromatic nitrogens is 1. The van der Waals surface area contributed by atoms with Crippen LogP contribution in [-0.2, 0) is 19.1 Å². The molecule has 2 aliphatic heterocycles. The second-order valence-corrected chi connectivity index (χ2v) is 9.03.